The third-order valence-electron chi connectivity index (χ3n) is 5.46. The Labute approximate surface area is 157 Å². The van der Waals surface area contributed by atoms with Crippen molar-refractivity contribution in [3.05, 3.63) is 29.3 Å². The van der Waals surface area contributed by atoms with Crippen LogP contribution in [0.15, 0.2) is 18.2 Å². The summed E-state index contributed by atoms with van der Waals surface area (Å²) >= 11 is 0. The summed E-state index contributed by atoms with van der Waals surface area (Å²) in [5.74, 6) is -1.44. The van der Waals surface area contributed by atoms with E-state index in [1.165, 1.54) is 32.4 Å². The summed E-state index contributed by atoms with van der Waals surface area (Å²) < 4.78 is 9.40. The van der Waals surface area contributed by atoms with E-state index in [4.69, 9.17) is 9.47 Å². The van der Waals surface area contributed by atoms with Crippen molar-refractivity contribution < 1.29 is 28.7 Å². The quantitative estimate of drug-likeness (QED) is 0.815. The second kappa shape index (κ2) is 7.90. The second-order valence-corrected chi connectivity index (χ2v) is 7.17. The molecule has 2 bridgehead atoms. The van der Waals surface area contributed by atoms with Crippen molar-refractivity contribution in [2.24, 2.45) is 17.8 Å². The maximum Gasteiger partial charge on any atom is 0.337 e. The molecule has 3 atom stereocenters. The molecule has 2 aliphatic carbocycles. The molecule has 1 aromatic carbocycles. The van der Waals surface area contributed by atoms with Crippen LogP contribution >= 0.6 is 0 Å². The molecule has 1 aromatic rings. The van der Waals surface area contributed by atoms with Crippen molar-refractivity contribution in [3.63, 3.8) is 0 Å². The number of carbonyl (C=O) groups excluding carboxylic acids is 4. The van der Waals surface area contributed by atoms with Gasteiger partial charge in [0, 0.05) is 23.4 Å². The topological polar surface area (TPSA) is 98.8 Å². The van der Waals surface area contributed by atoms with Gasteiger partial charge in [0.25, 0.3) is 0 Å². The molecule has 0 saturated heterocycles. The van der Waals surface area contributed by atoms with Gasteiger partial charge in [-0.3, -0.25) is 9.59 Å². The number of nitrogens with one attached hydrogen (secondary N) is 1. The monoisotopic (exact) mass is 373 g/mol. The Morgan fingerprint density at radius 3 is 1.93 bits per heavy atom. The predicted molar refractivity (Wildman–Crippen MR) is 96.3 cm³/mol. The number of benzene rings is 1. The number of carbonyl (C=O) groups is 4. The number of methoxy groups -OCH3 is 2. The summed E-state index contributed by atoms with van der Waals surface area (Å²) in [6.45, 7) is 0. The Kier molecular flexibility index (Phi) is 5.58. The number of Topliss-reactive ketones (excluding diaryl/α,β-unsaturated/α-hetero) is 1. The average Bonchev–Trinajstić information content (AvgIpc) is 2.66. The lowest BCUT2D eigenvalue weighted by molar-refractivity contribution is -0.136. The first-order valence-electron chi connectivity index (χ1n) is 9.09. The van der Waals surface area contributed by atoms with Gasteiger partial charge in [0.1, 0.15) is 5.78 Å². The highest BCUT2D eigenvalue weighted by atomic mass is 16.5. The van der Waals surface area contributed by atoms with Gasteiger partial charge in [-0.25, -0.2) is 9.59 Å². The molecule has 3 rings (SSSR count). The highest BCUT2D eigenvalue weighted by Crippen LogP contribution is 2.40. The third-order valence-corrected chi connectivity index (χ3v) is 5.46. The van der Waals surface area contributed by atoms with E-state index in [1.807, 2.05) is 0 Å². The maximum absolute atomic E-state index is 12.8. The van der Waals surface area contributed by atoms with Crippen LogP contribution in [0.4, 0.5) is 5.69 Å². The number of ketones is 1. The van der Waals surface area contributed by atoms with Gasteiger partial charge in [0.15, 0.2) is 0 Å². The van der Waals surface area contributed by atoms with Crippen LogP contribution in [0, 0.1) is 17.8 Å². The number of amides is 1. The number of esters is 2. The van der Waals surface area contributed by atoms with E-state index < -0.39 is 11.9 Å². The van der Waals surface area contributed by atoms with Gasteiger partial charge >= 0.3 is 11.9 Å². The number of anilines is 1. The van der Waals surface area contributed by atoms with Crippen LogP contribution in [0.1, 0.15) is 52.8 Å². The fourth-order valence-electron chi connectivity index (χ4n) is 4.11. The van der Waals surface area contributed by atoms with Crippen LogP contribution < -0.4 is 5.32 Å². The third kappa shape index (κ3) is 4.02. The van der Waals surface area contributed by atoms with Crippen LogP contribution in [0.3, 0.4) is 0 Å². The van der Waals surface area contributed by atoms with E-state index in [2.05, 4.69) is 5.32 Å². The smallest absolute Gasteiger partial charge is 0.337 e. The molecule has 1 unspecified atom stereocenters. The van der Waals surface area contributed by atoms with Crippen molar-refractivity contribution in [1.29, 1.82) is 0 Å². The highest BCUT2D eigenvalue weighted by molar-refractivity contribution is 6.00. The molecular weight excluding hydrogens is 350 g/mol. The van der Waals surface area contributed by atoms with Crippen molar-refractivity contribution in [3.8, 4) is 0 Å². The summed E-state index contributed by atoms with van der Waals surface area (Å²) in [5.41, 5.74) is 0.614. The zero-order valence-electron chi connectivity index (χ0n) is 15.4. The number of ether oxygens (including phenoxy) is 2. The molecule has 2 fully saturated rings. The average molecular weight is 373 g/mol. The second-order valence-electron chi connectivity index (χ2n) is 7.17. The van der Waals surface area contributed by atoms with E-state index in [9.17, 15) is 19.2 Å². The molecule has 27 heavy (non-hydrogen) atoms. The maximum atomic E-state index is 12.8. The Bertz CT molecular complexity index is 736. The lowest BCUT2D eigenvalue weighted by Crippen LogP contribution is -2.40. The Hall–Kier alpha value is -2.70. The SMILES string of the molecule is COC(=O)c1cc(NC(=O)C2C[C@H]3CCC[C@@H](C2)C3=O)cc(C(=O)OC)c1. The lowest BCUT2D eigenvalue weighted by Gasteiger charge is -2.36. The van der Waals surface area contributed by atoms with E-state index in [1.54, 1.807) is 0 Å². The zero-order chi connectivity index (χ0) is 19.6. The van der Waals surface area contributed by atoms with Crippen molar-refractivity contribution in [2.75, 3.05) is 19.5 Å². The summed E-state index contributed by atoms with van der Waals surface area (Å²) in [5, 5.41) is 2.79. The Morgan fingerprint density at radius 1 is 0.926 bits per heavy atom. The molecule has 2 aliphatic rings. The summed E-state index contributed by atoms with van der Waals surface area (Å²) in [4.78, 5) is 48.7. The fraction of sp³-hybridized carbons (Fsp3) is 0.500. The first kappa shape index (κ1) is 19.1. The minimum Gasteiger partial charge on any atom is -0.465 e. The Morgan fingerprint density at radius 2 is 1.44 bits per heavy atom. The standard InChI is InChI=1S/C20H23NO6/c1-26-19(24)14-8-15(20(25)27-2)10-16(9-14)21-18(23)13-6-11-4-3-5-12(7-13)17(11)22/h8-13H,3-7H2,1-2H3,(H,21,23)/t11-,12+,13?. The molecule has 7 heteroatoms. The predicted octanol–water partition coefficient (Wildman–Crippen LogP) is 2.59. The molecule has 2 saturated carbocycles. The summed E-state index contributed by atoms with van der Waals surface area (Å²) in [7, 11) is 2.48. The Balaban J connectivity index is 1.79. The molecule has 7 nitrogen and oxygen atoms in total. The number of hydrogen-bond acceptors (Lipinski definition) is 6. The van der Waals surface area contributed by atoms with Crippen molar-refractivity contribution in [2.45, 2.75) is 32.1 Å². The summed E-state index contributed by atoms with van der Waals surface area (Å²) in [6, 6.07) is 4.28. The zero-order valence-corrected chi connectivity index (χ0v) is 15.4. The van der Waals surface area contributed by atoms with Crippen LogP contribution in [0.5, 0.6) is 0 Å². The van der Waals surface area contributed by atoms with Crippen molar-refractivity contribution in [1.82, 2.24) is 0 Å². The van der Waals surface area contributed by atoms with E-state index >= 15 is 0 Å². The van der Waals surface area contributed by atoms with Crippen LogP contribution in [0.2, 0.25) is 0 Å². The molecule has 0 aliphatic heterocycles. The van der Waals surface area contributed by atoms with Gasteiger partial charge < -0.3 is 14.8 Å². The molecule has 0 heterocycles. The first-order chi connectivity index (χ1) is 12.9. The number of fused-ring (bicyclic) bond motifs is 2. The highest BCUT2D eigenvalue weighted by Gasteiger charge is 2.41. The van der Waals surface area contributed by atoms with Gasteiger partial charge in [0.2, 0.25) is 5.91 Å². The molecule has 1 N–H and O–H groups in total. The van der Waals surface area contributed by atoms with Crippen LogP contribution in [-0.4, -0.2) is 37.8 Å². The van der Waals surface area contributed by atoms with Gasteiger partial charge in [-0.1, -0.05) is 6.42 Å². The van der Waals surface area contributed by atoms with Gasteiger partial charge in [-0.05, 0) is 43.9 Å². The van der Waals surface area contributed by atoms with Crippen LogP contribution in [-0.2, 0) is 19.1 Å². The molecule has 0 aromatic heterocycles. The molecule has 144 valence electrons. The lowest BCUT2D eigenvalue weighted by atomic mass is 9.67. The normalized spacial score (nSPS) is 24.1. The van der Waals surface area contributed by atoms with E-state index in [-0.39, 0.29) is 34.8 Å². The minimum absolute atomic E-state index is 0.0275. The molecular formula is C20H23NO6. The molecule has 1 amide bonds. The van der Waals surface area contributed by atoms with Gasteiger partial charge in [-0.15, -0.1) is 0 Å². The van der Waals surface area contributed by atoms with E-state index in [0.29, 0.717) is 24.3 Å². The van der Waals surface area contributed by atoms with Gasteiger partial charge in [0.05, 0.1) is 25.3 Å². The molecule has 0 spiro atoms. The fourth-order valence-corrected chi connectivity index (χ4v) is 4.11. The number of rotatable bonds is 4. The minimum atomic E-state index is -0.617. The first-order valence-corrected chi connectivity index (χ1v) is 9.09. The number of hydrogen-bond donors (Lipinski definition) is 1. The summed E-state index contributed by atoms with van der Waals surface area (Å²) in [6.07, 6.45) is 3.86. The van der Waals surface area contributed by atoms with Gasteiger partial charge in [-0.2, -0.15) is 0 Å². The van der Waals surface area contributed by atoms with Crippen LogP contribution in [0.25, 0.3) is 0 Å². The van der Waals surface area contributed by atoms with Crippen molar-refractivity contribution >= 4 is 29.3 Å². The molecule has 0 radical (unpaired) electrons. The largest absolute Gasteiger partial charge is 0.465 e. The van der Waals surface area contributed by atoms with E-state index in [0.717, 1.165) is 19.3 Å².